The number of hydrogen-bond acceptors (Lipinski definition) is 3. The number of sulfone groups is 1. The number of anilines is 1. The van der Waals surface area contributed by atoms with Gasteiger partial charge in [-0.3, -0.25) is 4.79 Å². The van der Waals surface area contributed by atoms with Gasteiger partial charge in [-0.1, -0.05) is 0 Å². The fourth-order valence-electron chi connectivity index (χ4n) is 2.34. The van der Waals surface area contributed by atoms with E-state index >= 15 is 0 Å². The predicted molar refractivity (Wildman–Crippen MR) is 63.8 cm³/mol. The number of nitrogens with one attached hydrogen (secondary N) is 1. The normalized spacial score (nSPS) is 22.9. The standard InChI is InChI=1S/C12H10F3NO3S/c13-12(14,15)7-1-2-8-9(5-7)20(18,19)6-11(3-4-11)10(17)16-8/h1-2,5H,3-4,6H2,(H,16,17). The van der Waals surface area contributed by atoms with E-state index in [0.717, 1.165) is 12.1 Å². The van der Waals surface area contributed by atoms with E-state index in [1.165, 1.54) is 0 Å². The van der Waals surface area contributed by atoms with Crippen molar-refractivity contribution in [2.75, 3.05) is 11.1 Å². The molecule has 1 fully saturated rings. The van der Waals surface area contributed by atoms with Crippen LogP contribution in [0.1, 0.15) is 18.4 Å². The molecule has 0 saturated heterocycles. The van der Waals surface area contributed by atoms with Crippen LogP contribution < -0.4 is 5.32 Å². The highest BCUT2D eigenvalue weighted by Crippen LogP contribution is 2.51. The first-order chi connectivity index (χ1) is 9.14. The van der Waals surface area contributed by atoms with Crippen molar-refractivity contribution in [3.63, 3.8) is 0 Å². The average molecular weight is 305 g/mol. The Morgan fingerprint density at radius 3 is 2.40 bits per heavy atom. The summed E-state index contributed by atoms with van der Waals surface area (Å²) in [5, 5.41) is 2.42. The zero-order valence-electron chi connectivity index (χ0n) is 10.1. The van der Waals surface area contributed by atoms with E-state index in [9.17, 15) is 26.4 Å². The Balaban J connectivity index is 2.17. The Kier molecular flexibility index (Phi) is 2.51. The van der Waals surface area contributed by atoms with Gasteiger partial charge in [0.05, 0.1) is 27.3 Å². The number of amides is 1. The first kappa shape index (κ1) is 13.4. The summed E-state index contributed by atoms with van der Waals surface area (Å²) in [5.74, 6) is -0.861. The van der Waals surface area contributed by atoms with Crippen LogP contribution >= 0.6 is 0 Å². The molecule has 4 nitrogen and oxygen atoms in total. The molecule has 3 rings (SSSR count). The molecular formula is C12H10F3NO3S. The summed E-state index contributed by atoms with van der Waals surface area (Å²) in [7, 11) is -3.92. The van der Waals surface area contributed by atoms with Crippen LogP contribution in [0, 0.1) is 5.41 Å². The summed E-state index contributed by atoms with van der Waals surface area (Å²) in [5.41, 5.74) is -2.08. The van der Waals surface area contributed by atoms with E-state index < -0.39 is 43.5 Å². The molecule has 8 heteroatoms. The Labute approximate surface area is 112 Å². The minimum absolute atomic E-state index is 0.0771. The van der Waals surface area contributed by atoms with Gasteiger partial charge >= 0.3 is 6.18 Å². The van der Waals surface area contributed by atoms with Crippen molar-refractivity contribution in [3.8, 4) is 0 Å². The van der Waals surface area contributed by atoms with Crippen molar-refractivity contribution >= 4 is 21.4 Å². The molecule has 0 atom stereocenters. The molecule has 1 spiro atoms. The van der Waals surface area contributed by atoms with Crippen molar-refractivity contribution < 1.29 is 26.4 Å². The summed E-state index contributed by atoms with van der Waals surface area (Å²) in [4.78, 5) is 11.5. The topological polar surface area (TPSA) is 63.2 Å². The van der Waals surface area contributed by atoms with Crippen LogP contribution in [-0.4, -0.2) is 20.1 Å². The maximum Gasteiger partial charge on any atom is 0.416 e. The quantitative estimate of drug-likeness (QED) is 0.799. The Hall–Kier alpha value is -1.57. The smallest absolute Gasteiger partial charge is 0.324 e. The molecule has 1 amide bonds. The third-order valence-electron chi connectivity index (χ3n) is 3.69. The maximum atomic E-state index is 12.7. The van der Waals surface area contributed by atoms with Gasteiger partial charge in [-0.25, -0.2) is 8.42 Å². The lowest BCUT2D eigenvalue weighted by atomic mass is 10.1. The first-order valence-electron chi connectivity index (χ1n) is 5.90. The molecule has 20 heavy (non-hydrogen) atoms. The number of hydrogen-bond donors (Lipinski definition) is 1. The van der Waals surface area contributed by atoms with E-state index in [1.807, 2.05) is 0 Å². The Bertz CT molecular complexity index is 705. The van der Waals surface area contributed by atoms with E-state index in [4.69, 9.17) is 0 Å². The van der Waals surface area contributed by atoms with Crippen LogP contribution in [0.25, 0.3) is 0 Å². The molecule has 0 radical (unpaired) electrons. The van der Waals surface area contributed by atoms with Crippen molar-refractivity contribution in [2.45, 2.75) is 23.9 Å². The molecule has 1 aliphatic heterocycles. The summed E-state index contributed by atoms with van der Waals surface area (Å²) in [6, 6.07) is 2.35. The zero-order chi connectivity index (χ0) is 14.8. The predicted octanol–water partition coefficient (Wildman–Crippen LogP) is 2.21. The monoisotopic (exact) mass is 305 g/mol. The highest BCUT2D eigenvalue weighted by Gasteiger charge is 2.55. The van der Waals surface area contributed by atoms with E-state index in [2.05, 4.69) is 5.32 Å². The molecule has 108 valence electrons. The minimum atomic E-state index is -4.63. The SMILES string of the molecule is O=C1Nc2ccc(C(F)(F)F)cc2S(=O)(=O)CC12CC2. The summed E-state index contributed by atoms with van der Waals surface area (Å²) in [6.07, 6.45) is -3.74. The third-order valence-corrected chi connectivity index (χ3v) is 5.63. The van der Waals surface area contributed by atoms with Gasteiger partial charge in [-0.2, -0.15) is 13.2 Å². The molecule has 1 N–H and O–H groups in total. The van der Waals surface area contributed by atoms with Crippen LogP contribution in [0.4, 0.5) is 18.9 Å². The summed E-state index contributed by atoms with van der Waals surface area (Å²) >= 11 is 0. The molecule has 1 heterocycles. The number of rotatable bonds is 0. The molecule has 1 aromatic rings. The molecule has 0 bridgehead atoms. The lowest BCUT2D eigenvalue weighted by Crippen LogP contribution is -2.27. The molecule has 1 saturated carbocycles. The minimum Gasteiger partial charge on any atom is -0.324 e. The largest absolute Gasteiger partial charge is 0.416 e. The molecule has 0 unspecified atom stereocenters. The molecule has 1 aromatic carbocycles. The second-order valence-electron chi connectivity index (χ2n) is 5.20. The van der Waals surface area contributed by atoms with Gasteiger partial charge in [0.1, 0.15) is 0 Å². The molecule has 2 aliphatic rings. The Morgan fingerprint density at radius 1 is 1.20 bits per heavy atom. The lowest BCUT2D eigenvalue weighted by molar-refractivity contribution is -0.137. The van der Waals surface area contributed by atoms with Crippen LogP contribution in [0.3, 0.4) is 0 Å². The third kappa shape index (κ3) is 1.98. The van der Waals surface area contributed by atoms with Crippen LogP contribution in [0.5, 0.6) is 0 Å². The molecular weight excluding hydrogens is 295 g/mol. The van der Waals surface area contributed by atoms with Crippen LogP contribution in [-0.2, 0) is 20.8 Å². The highest BCUT2D eigenvalue weighted by molar-refractivity contribution is 7.91. The number of carbonyl (C=O) groups excluding carboxylic acids is 1. The van der Waals surface area contributed by atoms with Gasteiger partial charge in [0.25, 0.3) is 0 Å². The van der Waals surface area contributed by atoms with E-state index in [1.54, 1.807) is 0 Å². The summed E-state index contributed by atoms with van der Waals surface area (Å²) < 4.78 is 62.4. The lowest BCUT2D eigenvalue weighted by Gasteiger charge is -2.11. The van der Waals surface area contributed by atoms with Crippen molar-refractivity contribution in [1.82, 2.24) is 0 Å². The van der Waals surface area contributed by atoms with E-state index in [0.29, 0.717) is 18.9 Å². The Morgan fingerprint density at radius 2 is 1.85 bits per heavy atom. The zero-order valence-corrected chi connectivity index (χ0v) is 10.9. The highest BCUT2D eigenvalue weighted by atomic mass is 32.2. The van der Waals surface area contributed by atoms with Crippen molar-refractivity contribution in [1.29, 1.82) is 0 Å². The molecule has 1 aliphatic carbocycles. The van der Waals surface area contributed by atoms with Gasteiger partial charge in [0.2, 0.25) is 5.91 Å². The summed E-state index contributed by atoms with van der Waals surface area (Å²) in [6.45, 7) is 0. The molecule has 0 aromatic heterocycles. The second kappa shape index (κ2) is 3.75. The number of fused-ring (bicyclic) bond motifs is 1. The average Bonchev–Trinajstić information content (AvgIpc) is 3.08. The second-order valence-corrected chi connectivity index (χ2v) is 7.16. The fourth-order valence-corrected chi connectivity index (χ4v) is 4.41. The first-order valence-corrected chi connectivity index (χ1v) is 7.55. The van der Waals surface area contributed by atoms with Crippen molar-refractivity contribution in [2.24, 2.45) is 5.41 Å². The van der Waals surface area contributed by atoms with Crippen molar-refractivity contribution in [3.05, 3.63) is 23.8 Å². The number of benzene rings is 1. The van der Waals surface area contributed by atoms with Crippen LogP contribution in [0.2, 0.25) is 0 Å². The maximum absolute atomic E-state index is 12.7. The number of alkyl halides is 3. The number of halogens is 3. The fraction of sp³-hybridized carbons (Fsp3) is 0.417. The van der Waals surface area contributed by atoms with Gasteiger partial charge in [0, 0.05) is 0 Å². The van der Waals surface area contributed by atoms with Crippen LogP contribution in [0.15, 0.2) is 23.1 Å². The van der Waals surface area contributed by atoms with Gasteiger partial charge in [-0.15, -0.1) is 0 Å². The van der Waals surface area contributed by atoms with Gasteiger partial charge in [-0.05, 0) is 31.0 Å². The number of carbonyl (C=O) groups is 1. The van der Waals surface area contributed by atoms with Gasteiger partial charge in [0.15, 0.2) is 9.84 Å². The van der Waals surface area contributed by atoms with E-state index in [-0.39, 0.29) is 5.69 Å². The van der Waals surface area contributed by atoms with Gasteiger partial charge < -0.3 is 5.32 Å².